The van der Waals surface area contributed by atoms with Crippen LogP contribution in [-0.2, 0) is 4.74 Å². The zero-order valence-electron chi connectivity index (χ0n) is 13.2. The molecule has 0 bridgehead atoms. The van der Waals surface area contributed by atoms with Crippen molar-refractivity contribution in [2.45, 2.75) is 71.8 Å². The molecule has 19 heavy (non-hydrogen) atoms. The van der Waals surface area contributed by atoms with Crippen LogP contribution in [0.5, 0.6) is 0 Å². The molecule has 2 atom stereocenters. The van der Waals surface area contributed by atoms with Crippen LogP contribution in [0.25, 0.3) is 0 Å². The minimum atomic E-state index is 0.538. The van der Waals surface area contributed by atoms with Gasteiger partial charge in [-0.15, -0.1) is 0 Å². The summed E-state index contributed by atoms with van der Waals surface area (Å²) in [5, 5.41) is 3.87. The first-order chi connectivity index (χ1) is 9.13. The Balaban J connectivity index is 1.94. The minimum Gasteiger partial charge on any atom is -0.381 e. The average Bonchev–Trinajstić information content (AvgIpc) is 2.75. The molecule has 112 valence electrons. The molecular weight excluding hydrogens is 234 g/mol. The fourth-order valence-electron chi connectivity index (χ4n) is 4.16. The van der Waals surface area contributed by atoms with Crippen LogP contribution in [0.2, 0.25) is 0 Å². The van der Waals surface area contributed by atoms with Crippen molar-refractivity contribution in [3.63, 3.8) is 0 Å². The molecule has 2 rings (SSSR count). The maximum atomic E-state index is 5.51. The Morgan fingerprint density at radius 3 is 2.53 bits per heavy atom. The number of rotatable bonds is 6. The van der Waals surface area contributed by atoms with E-state index in [0.717, 1.165) is 31.1 Å². The topological polar surface area (TPSA) is 21.3 Å². The molecule has 2 heteroatoms. The molecule has 0 aromatic carbocycles. The molecule has 0 amide bonds. The molecule has 1 saturated heterocycles. The number of hydrogen-bond donors (Lipinski definition) is 1. The Morgan fingerprint density at radius 2 is 1.95 bits per heavy atom. The van der Waals surface area contributed by atoms with Crippen LogP contribution in [0, 0.1) is 17.3 Å². The van der Waals surface area contributed by atoms with E-state index in [1.807, 2.05) is 0 Å². The average molecular weight is 267 g/mol. The lowest BCUT2D eigenvalue weighted by molar-refractivity contribution is 0.0537. The Labute approximate surface area is 119 Å². The lowest BCUT2D eigenvalue weighted by Crippen LogP contribution is -2.43. The van der Waals surface area contributed by atoms with Crippen molar-refractivity contribution < 1.29 is 4.74 Å². The molecule has 2 fully saturated rings. The van der Waals surface area contributed by atoms with Crippen molar-refractivity contribution in [2.24, 2.45) is 17.3 Å². The lowest BCUT2D eigenvalue weighted by atomic mass is 9.74. The van der Waals surface area contributed by atoms with Crippen molar-refractivity contribution in [3.8, 4) is 0 Å². The maximum absolute atomic E-state index is 5.51. The van der Waals surface area contributed by atoms with Crippen LogP contribution in [0.1, 0.15) is 65.7 Å². The van der Waals surface area contributed by atoms with Crippen molar-refractivity contribution in [2.75, 3.05) is 19.8 Å². The molecule has 1 heterocycles. The summed E-state index contributed by atoms with van der Waals surface area (Å²) in [7, 11) is 0. The van der Waals surface area contributed by atoms with Crippen molar-refractivity contribution in [1.82, 2.24) is 5.32 Å². The molecule has 2 aliphatic rings. The second kappa shape index (κ2) is 7.08. The summed E-state index contributed by atoms with van der Waals surface area (Å²) in [5.41, 5.74) is 0.538. The molecule has 1 aliphatic carbocycles. The van der Waals surface area contributed by atoms with Gasteiger partial charge >= 0.3 is 0 Å². The number of ether oxygens (including phenoxy) is 1. The van der Waals surface area contributed by atoms with Crippen molar-refractivity contribution in [3.05, 3.63) is 0 Å². The van der Waals surface area contributed by atoms with Gasteiger partial charge in [-0.3, -0.25) is 0 Å². The van der Waals surface area contributed by atoms with Gasteiger partial charge in [-0.05, 0) is 62.3 Å². The van der Waals surface area contributed by atoms with E-state index in [1.165, 1.54) is 51.5 Å². The third-order valence-electron chi connectivity index (χ3n) is 5.41. The second-order valence-electron chi connectivity index (χ2n) is 7.34. The number of hydrogen-bond acceptors (Lipinski definition) is 2. The molecule has 0 aromatic rings. The Bertz CT molecular complexity index is 258. The summed E-state index contributed by atoms with van der Waals surface area (Å²) in [5.74, 6) is 1.77. The molecule has 1 saturated carbocycles. The van der Waals surface area contributed by atoms with Gasteiger partial charge in [0.15, 0.2) is 0 Å². The van der Waals surface area contributed by atoms with Crippen LogP contribution in [0.15, 0.2) is 0 Å². The van der Waals surface area contributed by atoms with E-state index < -0.39 is 0 Å². The van der Waals surface area contributed by atoms with Crippen LogP contribution in [0.3, 0.4) is 0 Å². The monoisotopic (exact) mass is 267 g/mol. The predicted octanol–water partition coefficient (Wildman–Crippen LogP) is 4.00. The molecule has 2 unspecified atom stereocenters. The Hall–Kier alpha value is -0.0800. The normalized spacial score (nSPS) is 29.5. The predicted molar refractivity (Wildman–Crippen MR) is 81.4 cm³/mol. The van der Waals surface area contributed by atoms with Crippen LogP contribution < -0.4 is 5.32 Å². The highest BCUT2D eigenvalue weighted by molar-refractivity contribution is 4.93. The standard InChI is InChI=1S/C17H33NO/c1-4-10-18-16(13-14-7-11-19-12-8-14)15-6-5-9-17(15,2)3/h14-16,18H,4-13H2,1-3H3. The third kappa shape index (κ3) is 4.19. The SMILES string of the molecule is CCCNC(CC1CCOCC1)C1CCCC1(C)C. The van der Waals surface area contributed by atoms with E-state index in [0.29, 0.717) is 5.41 Å². The fraction of sp³-hybridized carbons (Fsp3) is 1.00. The van der Waals surface area contributed by atoms with Gasteiger partial charge in [-0.2, -0.15) is 0 Å². The highest BCUT2D eigenvalue weighted by Gasteiger charge is 2.39. The van der Waals surface area contributed by atoms with Gasteiger partial charge < -0.3 is 10.1 Å². The maximum Gasteiger partial charge on any atom is 0.0468 e. The summed E-state index contributed by atoms with van der Waals surface area (Å²) >= 11 is 0. The van der Waals surface area contributed by atoms with Crippen LogP contribution >= 0.6 is 0 Å². The van der Waals surface area contributed by atoms with Gasteiger partial charge in [-0.1, -0.05) is 27.2 Å². The molecule has 1 aliphatic heterocycles. The fourth-order valence-corrected chi connectivity index (χ4v) is 4.16. The first-order valence-corrected chi connectivity index (χ1v) is 8.44. The first-order valence-electron chi connectivity index (χ1n) is 8.44. The largest absolute Gasteiger partial charge is 0.381 e. The third-order valence-corrected chi connectivity index (χ3v) is 5.41. The quantitative estimate of drug-likeness (QED) is 0.785. The zero-order valence-corrected chi connectivity index (χ0v) is 13.2. The minimum absolute atomic E-state index is 0.538. The van der Waals surface area contributed by atoms with Gasteiger partial charge in [0.05, 0.1) is 0 Å². The first kappa shape index (κ1) is 15.3. The smallest absolute Gasteiger partial charge is 0.0468 e. The Kier molecular flexibility index (Phi) is 5.70. The van der Waals surface area contributed by atoms with Gasteiger partial charge in [0.1, 0.15) is 0 Å². The lowest BCUT2D eigenvalue weighted by Gasteiger charge is -2.37. The number of nitrogens with one attached hydrogen (secondary N) is 1. The summed E-state index contributed by atoms with van der Waals surface area (Å²) in [6.07, 6.45) is 9.44. The summed E-state index contributed by atoms with van der Waals surface area (Å²) in [4.78, 5) is 0. The van der Waals surface area contributed by atoms with Gasteiger partial charge in [0.2, 0.25) is 0 Å². The highest BCUT2D eigenvalue weighted by atomic mass is 16.5. The summed E-state index contributed by atoms with van der Waals surface area (Å²) in [6.45, 7) is 10.4. The summed E-state index contributed by atoms with van der Waals surface area (Å²) in [6, 6.07) is 0.737. The van der Waals surface area contributed by atoms with Crippen LogP contribution in [0.4, 0.5) is 0 Å². The second-order valence-corrected chi connectivity index (χ2v) is 7.34. The Morgan fingerprint density at radius 1 is 1.21 bits per heavy atom. The van der Waals surface area contributed by atoms with Gasteiger partial charge in [0, 0.05) is 19.3 Å². The molecule has 1 N–H and O–H groups in total. The van der Waals surface area contributed by atoms with E-state index in [-0.39, 0.29) is 0 Å². The van der Waals surface area contributed by atoms with Gasteiger partial charge in [-0.25, -0.2) is 0 Å². The zero-order chi connectivity index (χ0) is 13.7. The molecule has 0 radical (unpaired) electrons. The van der Waals surface area contributed by atoms with E-state index in [9.17, 15) is 0 Å². The molecule has 0 spiro atoms. The van der Waals surface area contributed by atoms with Crippen molar-refractivity contribution in [1.29, 1.82) is 0 Å². The van der Waals surface area contributed by atoms with E-state index >= 15 is 0 Å². The van der Waals surface area contributed by atoms with Crippen LogP contribution in [-0.4, -0.2) is 25.8 Å². The van der Waals surface area contributed by atoms with E-state index in [2.05, 4.69) is 26.1 Å². The van der Waals surface area contributed by atoms with Gasteiger partial charge in [0.25, 0.3) is 0 Å². The highest BCUT2D eigenvalue weighted by Crippen LogP contribution is 2.45. The molecular formula is C17H33NO. The van der Waals surface area contributed by atoms with E-state index in [1.54, 1.807) is 0 Å². The summed E-state index contributed by atoms with van der Waals surface area (Å²) < 4.78 is 5.51. The van der Waals surface area contributed by atoms with E-state index in [4.69, 9.17) is 4.74 Å². The molecule has 2 nitrogen and oxygen atoms in total. The van der Waals surface area contributed by atoms with Crippen molar-refractivity contribution >= 4 is 0 Å². The molecule has 0 aromatic heterocycles.